The molecule has 0 spiro atoms. The van der Waals surface area contributed by atoms with E-state index in [1.807, 2.05) is 0 Å². The Morgan fingerprint density at radius 1 is 1.14 bits per heavy atom. The highest BCUT2D eigenvalue weighted by molar-refractivity contribution is 6.05. The summed E-state index contributed by atoms with van der Waals surface area (Å²) in [6, 6.07) is 15.8. The fourth-order valence-corrected chi connectivity index (χ4v) is 3.43. The molecule has 1 atom stereocenters. The zero-order valence-corrected chi connectivity index (χ0v) is 18.8. The van der Waals surface area contributed by atoms with Crippen molar-refractivity contribution >= 4 is 29.2 Å². The van der Waals surface area contributed by atoms with E-state index in [4.69, 9.17) is 14.0 Å². The van der Waals surface area contributed by atoms with Crippen LogP contribution in [0.1, 0.15) is 28.1 Å². The van der Waals surface area contributed by atoms with Gasteiger partial charge in [-0.15, -0.1) is 0 Å². The summed E-state index contributed by atoms with van der Waals surface area (Å²) >= 11 is 0. The van der Waals surface area contributed by atoms with Gasteiger partial charge in [0, 0.05) is 19.0 Å². The first-order chi connectivity index (χ1) is 16.9. The van der Waals surface area contributed by atoms with Gasteiger partial charge in [0.15, 0.2) is 6.61 Å². The van der Waals surface area contributed by atoms with E-state index < -0.39 is 36.3 Å². The van der Waals surface area contributed by atoms with Gasteiger partial charge in [-0.3, -0.25) is 9.59 Å². The van der Waals surface area contributed by atoms with Crippen molar-refractivity contribution < 1.29 is 32.8 Å². The predicted molar refractivity (Wildman–Crippen MR) is 123 cm³/mol. The van der Waals surface area contributed by atoms with Crippen LogP contribution in [0.3, 0.4) is 0 Å². The summed E-state index contributed by atoms with van der Waals surface area (Å²) in [6.45, 7) is -0.372. The molecule has 0 fully saturated rings. The highest BCUT2D eigenvalue weighted by Crippen LogP contribution is 2.21. The molecule has 3 aromatic rings. The number of ether oxygens (including phenoxy) is 1. The van der Waals surface area contributed by atoms with Crippen molar-refractivity contribution in [3.05, 3.63) is 89.6 Å². The zero-order chi connectivity index (χ0) is 24.8. The van der Waals surface area contributed by atoms with Crippen LogP contribution in [0.2, 0.25) is 0 Å². The first-order valence-corrected chi connectivity index (χ1v) is 10.7. The number of para-hydroxylation sites is 1. The van der Waals surface area contributed by atoms with E-state index in [1.165, 1.54) is 36.4 Å². The third kappa shape index (κ3) is 5.72. The summed E-state index contributed by atoms with van der Waals surface area (Å²) < 4.78 is 23.8. The molecular weight excluding hydrogens is 457 g/mol. The molecule has 0 aliphatic carbocycles. The minimum Gasteiger partial charge on any atom is -0.467 e. The number of nitrogens with zero attached hydrogens (tertiary/aromatic N) is 2. The quantitative estimate of drug-likeness (QED) is 0.498. The summed E-state index contributed by atoms with van der Waals surface area (Å²) in [4.78, 5) is 44.1. The third-order valence-corrected chi connectivity index (χ3v) is 5.31. The number of anilines is 1. The van der Waals surface area contributed by atoms with Crippen LogP contribution in [-0.4, -0.2) is 43.3 Å². The average Bonchev–Trinajstić information content (AvgIpc) is 3.58. The number of benzene rings is 2. The van der Waals surface area contributed by atoms with Gasteiger partial charge in [-0.1, -0.05) is 29.4 Å². The molecule has 1 aromatic heterocycles. The number of amides is 2. The Bertz CT molecular complexity index is 1260. The smallest absolute Gasteiger partial charge is 0.351 e. The van der Waals surface area contributed by atoms with Crippen LogP contribution in [-0.2, 0) is 25.7 Å². The molecule has 1 unspecified atom stereocenters. The van der Waals surface area contributed by atoms with Crippen molar-refractivity contribution in [2.75, 3.05) is 18.6 Å². The number of likely N-dealkylation sites (N-methyl/N-ethyl adjacent to an activating group) is 1. The molecule has 2 amide bonds. The highest BCUT2D eigenvalue weighted by Gasteiger charge is 2.31. The van der Waals surface area contributed by atoms with Gasteiger partial charge in [0.2, 0.25) is 6.10 Å². The van der Waals surface area contributed by atoms with E-state index in [2.05, 4.69) is 10.5 Å². The second kappa shape index (κ2) is 10.6. The highest BCUT2D eigenvalue weighted by atomic mass is 19.1. The van der Waals surface area contributed by atoms with Crippen LogP contribution in [0, 0.1) is 5.82 Å². The fraction of sp³-hybridized carbons (Fsp3) is 0.200. The number of halogens is 1. The SMILES string of the molecule is CN(C(=O)COC(=O)C1CC(c2cccc(F)c2)=NO1)c1ccccc1C(=O)NCc1ccco1. The number of carbonyl (C=O) groups excluding carboxylic acids is 3. The molecular formula is C25H22FN3O6. The van der Waals surface area contributed by atoms with Gasteiger partial charge < -0.3 is 24.2 Å². The molecule has 0 bridgehead atoms. The molecule has 1 N–H and O–H groups in total. The topological polar surface area (TPSA) is 110 Å². The number of hydrogen-bond donors (Lipinski definition) is 1. The molecule has 1 aliphatic heterocycles. The Morgan fingerprint density at radius 2 is 1.97 bits per heavy atom. The van der Waals surface area contributed by atoms with Gasteiger partial charge in [0.05, 0.1) is 29.8 Å². The maximum Gasteiger partial charge on any atom is 0.351 e. The number of nitrogens with one attached hydrogen (secondary N) is 1. The van der Waals surface area contributed by atoms with E-state index in [9.17, 15) is 18.8 Å². The number of rotatable bonds is 8. The molecule has 0 saturated heterocycles. The maximum absolute atomic E-state index is 13.4. The normalized spacial score (nSPS) is 14.6. The zero-order valence-electron chi connectivity index (χ0n) is 18.8. The van der Waals surface area contributed by atoms with Crippen LogP contribution in [0.15, 0.2) is 76.5 Å². The Labute approximate surface area is 200 Å². The van der Waals surface area contributed by atoms with E-state index in [-0.39, 0.29) is 18.5 Å². The Hall–Kier alpha value is -4.47. The van der Waals surface area contributed by atoms with E-state index >= 15 is 0 Å². The van der Waals surface area contributed by atoms with Crippen LogP contribution in [0.4, 0.5) is 10.1 Å². The Morgan fingerprint density at radius 3 is 2.74 bits per heavy atom. The summed E-state index contributed by atoms with van der Waals surface area (Å²) in [5, 5.41) is 6.56. The van der Waals surface area contributed by atoms with Crippen molar-refractivity contribution in [3.8, 4) is 0 Å². The number of oxime groups is 1. The van der Waals surface area contributed by atoms with Gasteiger partial charge in [-0.25, -0.2) is 9.18 Å². The van der Waals surface area contributed by atoms with Crippen molar-refractivity contribution in [1.29, 1.82) is 0 Å². The monoisotopic (exact) mass is 479 g/mol. The first kappa shape index (κ1) is 23.7. The van der Waals surface area contributed by atoms with Crippen LogP contribution < -0.4 is 10.2 Å². The molecule has 35 heavy (non-hydrogen) atoms. The van der Waals surface area contributed by atoms with Crippen LogP contribution in [0.5, 0.6) is 0 Å². The van der Waals surface area contributed by atoms with Gasteiger partial charge in [0.25, 0.3) is 11.8 Å². The molecule has 0 saturated carbocycles. The average molecular weight is 479 g/mol. The lowest BCUT2D eigenvalue weighted by molar-refractivity contribution is -0.158. The van der Waals surface area contributed by atoms with Crippen molar-refractivity contribution in [1.82, 2.24) is 5.32 Å². The fourth-order valence-electron chi connectivity index (χ4n) is 3.43. The number of furan rings is 1. The van der Waals surface area contributed by atoms with E-state index in [0.717, 1.165) is 0 Å². The van der Waals surface area contributed by atoms with Crippen molar-refractivity contribution in [2.24, 2.45) is 5.16 Å². The molecule has 180 valence electrons. The van der Waals surface area contributed by atoms with Gasteiger partial charge in [0.1, 0.15) is 11.6 Å². The van der Waals surface area contributed by atoms with Crippen LogP contribution in [0.25, 0.3) is 0 Å². The largest absolute Gasteiger partial charge is 0.467 e. The third-order valence-electron chi connectivity index (χ3n) is 5.31. The second-order valence-corrected chi connectivity index (χ2v) is 7.69. The van der Waals surface area contributed by atoms with E-state index in [0.29, 0.717) is 22.7 Å². The van der Waals surface area contributed by atoms with Crippen molar-refractivity contribution in [3.63, 3.8) is 0 Å². The second-order valence-electron chi connectivity index (χ2n) is 7.69. The lowest BCUT2D eigenvalue weighted by Crippen LogP contribution is -2.35. The Balaban J connectivity index is 1.32. The summed E-state index contributed by atoms with van der Waals surface area (Å²) in [5.74, 6) is -1.55. The predicted octanol–water partition coefficient (Wildman–Crippen LogP) is 3.05. The molecule has 10 heteroatoms. The minimum absolute atomic E-state index is 0.0883. The Kier molecular flexibility index (Phi) is 7.20. The maximum atomic E-state index is 13.4. The molecule has 2 aromatic carbocycles. The molecule has 4 rings (SSSR count). The minimum atomic E-state index is -1.04. The lowest BCUT2D eigenvalue weighted by Gasteiger charge is -2.20. The summed E-state index contributed by atoms with van der Waals surface area (Å²) in [6.07, 6.45) is 0.560. The summed E-state index contributed by atoms with van der Waals surface area (Å²) in [7, 11) is 1.48. The van der Waals surface area contributed by atoms with Gasteiger partial charge in [-0.05, 0) is 36.4 Å². The lowest BCUT2D eigenvalue weighted by atomic mass is 10.1. The first-order valence-electron chi connectivity index (χ1n) is 10.7. The van der Waals surface area contributed by atoms with Gasteiger partial charge >= 0.3 is 5.97 Å². The van der Waals surface area contributed by atoms with Gasteiger partial charge in [-0.2, -0.15) is 0 Å². The molecule has 0 radical (unpaired) electrons. The summed E-state index contributed by atoms with van der Waals surface area (Å²) in [5.41, 5.74) is 1.52. The standard InChI is InChI=1S/C25H22FN3O6/c1-29(21-10-3-2-9-19(21)24(31)27-14-18-8-5-11-33-18)23(30)15-34-25(32)22-13-20(28-35-22)16-6-4-7-17(26)12-16/h2-12,22H,13-15H2,1H3,(H,27,31). The molecule has 9 nitrogen and oxygen atoms in total. The number of carbonyl (C=O) groups is 3. The van der Waals surface area contributed by atoms with Crippen LogP contribution >= 0.6 is 0 Å². The number of esters is 1. The van der Waals surface area contributed by atoms with Crippen molar-refractivity contribution in [2.45, 2.75) is 19.1 Å². The molecule has 1 aliphatic rings. The van der Waals surface area contributed by atoms with E-state index in [1.54, 1.807) is 42.5 Å². The number of hydrogen-bond acceptors (Lipinski definition) is 7. The molecule has 2 heterocycles.